The van der Waals surface area contributed by atoms with Gasteiger partial charge in [0.2, 0.25) is 0 Å². The molecule has 0 fully saturated rings. The summed E-state index contributed by atoms with van der Waals surface area (Å²) in [4.78, 5) is 18.2. The summed E-state index contributed by atoms with van der Waals surface area (Å²) in [7, 11) is 1.97. The highest BCUT2D eigenvalue weighted by molar-refractivity contribution is 7.15. The van der Waals surface area contributed by atoms with E-state index in [4.69, 9.17) is 5.11 Å². The van der Waals surface area contributed by atoms with E-state index in [-0.39, 0.29) is 0 Å². The van der Waals surface area contributed by atoms with Crippen molar-refractivity contribution in [3.63, 3.8) is 0 Å². The number of anilines is 1. The lowest BCUT2D eigenvalue weighted by Gasteiger charge is -2.16. The van der Waals surface area contributed by atoms with Crippen LogP contribution in [0.2, 0.25) is 0 Å². The van der Waals surface area contributed by atoms with Crippen molar-refractivity contribution in [1.82, 2.24) is 9.38 Å². The number of hydrogen-bond donors (Lipinski definition) is 1. The molecule has 2 aromatic rings. The van der Waals surface area contributed by atoms with E-state index < -0.39 is 5.97 Å². The molecule has 20 heavy (non-hydrogen) atoms. The zero-order valence-corrected chi connectivity index (χ0v) is 12.1. The number of carboxylic acids is 1. The van der Waals surface area contributed by atoms with Crippen LogP contribution >= 0.6 is 11.3 Å². The largest absolute Gasteiger partial charge is 0.478 e. The smallest absolute Gasteiger partial charge is 0.328 e. The minimum absolute atomic E-state index is 0.796. The molecule has 0 aromatic carbocycles. The molecule has 0 bridgehead atoms. The van der Waals surface area contributed by atoms with E-state index in [2.05, 4.69) is 11.6 Å². The van der Waals surface area contributed by atoms with E-state index in [1.807, 2.05) is 34.0 Å². The Kier molecular flexibility index (Phi) is 4.57. The zero-order valence-electron chi connectivity index (χ0n) is 11.3. The number of fused-ring (bicyclic) bond motifs is 1. The van der Waals surface area contributed by atoms with Crippen molar-refractivity contribution < 1.29 is 9.90 Å². The fraction of sp³-hybridized carbons (Fsp3) is 0.286. The summed E-state index contributed by atoms with van der Waals surface area (Å²) in [6, 6.07) is 0. The molecule has 2 rings (SSSR count). The molecule has 2 heterocycles. The first-order valence-electron chi connectivity index (χ1n) is 6.32. The summed E-state index contributed by atoms with van der Waals surface area (Å²) >= 11 is 1.53. The maximum atomic E-state index is 10.7. The van der Waals surface area contributed by atoms with E-state index in [1.165, 1.54) is 11.3 Å². The number of nitrogens with zero attached hydrogens (tertiary/aromatic N) is 3. The van der Waals surface area contributed by atoms with Crippen molar-refractivity contribution >= 4 is 34.2 Å². The van der Waals surface area contributed by atoms with Crippen molar-refractivity contribution in [2.24, 2.45) is 0 Å². The van der Waals surface area contributed by atoms with Gasteiger partial charge in [-0.05, 0) is 18.9 Å². The van der Waals surface area contributed by atoms with Gasteiger partial charge in [-0.2, -0.15) is 0 Å². The molecule has 0 spiro atoms. The molecule has 0 unspecified atom stereocenters. The molecule has 0 amide bonds. The molecule has 0 radical (unpaired) electrons. The maximum Gasteiger partial charge on any atom is 0.328 e. The van der Waals surface area contributed by atoms with Gasteiger partial charge in [0, 0.05) is 31.2 Å². The van der Waals surface area contributed by atoms with E-state index in [9.17, 15) is 4.79 Å². The van der Waals surface area contributed by atoms with Crippen LogP contribution in [-0.4, -0.2) is 34.1 Å². The quantitative estimate of drug-likeness (QED) is 0.484. The topological polar surface area (TPSA) is 57.8 Å². The Hall–Kier alpha value is -2.08. The number of carboxylic acid groups (broad SMARTS) is 1. The van der Waals surface area contributed by atoms with E-state index in [0.29, 0.717) is 0 Å². The Morgan fingerprint density at radius 2 is 2.45 bits per heavy atom. The lowest BCUT2D eigenvalue weighted by Crippen LogP contribution is -2.19. The number of imidazole rings is 1. The van der Waals surface area contributed by atoms with E-state index in [1.54, 1.807) is 6.08 Å². The Balaban J connectivity index is 2.31. The summed E-state index contributed by atoms with van der Waals surface area (Å²) in [6.07, 6.45) is 8.47. The van der Waals surface area contributed by atoms with E-state index in [0.717, 1.165) is 41.9 Å². The lowest BCUT2D eigenvalue weighted by atomic mass is 10.3. The van der Waals surface area contributed by atoms with Gasteiger partial charge in [-0.1, -0.05) is 6.08 Å². The predicted octanol–water partition coefficient (Wildman–Crippen LogP) is 2.90. The highest BCUT2D eigenvalue weighted by atomic mass is 32.1. The van der Waals surface area contributed by atoms with Gasteiger partial charge >= 0.3 is 5.97 Å². The Morgan fingerprint density at radius 3 is 3.15 bits per heavy atom. The number of thiazole rings is 1. The number of allylic oxidation sites excluding steroid dienone is 1. The van der Waals surface area contributed by atoms with Gasteiger partial charge in [-0.15, -0.1) is 17.9 Å². The number of unbranched alkanes of at least 4 members (excludes halogenated alkanes) is 1. The van der Waals surface area contributed by atoms with Crippen LogP contribution in [0.3, 0.4) is 0 Å². The molecular formula is C14H17N3O2S. The van der Waals surface area contributed by atoms with Crippen LogP contribution in [0.1, 0.15) is 18.5 Å². The SMILES string of the molecule is C=CCCCN(C)c1nc2sccn2c1/C=C/C(=O)O. The van der Waals surface area contributed by atoms with Gasteiger partial charge in [-0.25, -0.2) is 9.78 Å². The summed E-state index contributed by atoms with van der Waals surface area (Å²) < 4.78 is 1.91. The lowest BCUT2D eigenvalue weighted by molar-refractivity contribution is -0.131. The van der Waals surface area contributed by atoms with Crippen molar-refractivity contribution in [3.8, 4) is 0 Å². The van der Waals surface area contributed by atoms with Gasteiger partial charge in [0.05, 0.1) is 5.69 Å². The van der Waals surface area contributed by atoms with Gasteiger partial charge in [-0.3, -0.25) is 4.40 Å². The number of carbonyl (C=O) groups is 1. The van der Waals surface area contributed by atoms with Gasteiger partial charge in [0.25, 0.3) is 0 Å². The summed E-state index contributed by atoms with van der Waals surface area (Å²) in [5.41, 5.74) is 0.796. The van der Waals surface area contributed by atoms with Crippen LogP contribution in [0, 0.1) is 0 Å². The second kappa shape index (κ2) is 6.38. The van der Waals surface area contributed by atoms with Crippen LogP contribution < -0.4 is 4.90 Å². The molecule has 106 valence electrons. The first-order chi connectivity index (χ1) is 9.63. The summed E-state index contributed by atoms with van der Waals surface area (Å²) in [6.45, 7) is 4.56. The minimum Gasteiger partial charge on any atom is -0.478 e. The molecule has 0 saturated carbocycles. The first kappa shape index (κ1) is 14.3. The molecule has 0 aliphatic carbocycles. The fourth-order valence-corrected chi connectivity index (χ4v) is 2.67. The van der Waals surface area contributed by atoms with Crippen molar-refractivity contribution in [2.75, 3.05) is 18.5 Å². The normalized spacial score (nSPS) is 11.2. The molecule has 6 heteroatoms. The third kappa shape index (κ3) is 3.08. The monoisotopic (exact) mass is 291 g/mol. The van der Waals surface area contributed by atoms with Crippen LogP contribution in [0.4, 0.5) is 5.82 Å². The number of aromatic nitrogens is 2. The predicted molar refractivity (Wildman–Crippen MR) is 82.4 cm³/mol. The molecule has 0 saturated heterocycles. The molecular weight excluding hydrogens is 274 g/mol. The fourth-order valence-electron chi connectivity index (χ4n) is 1.96. The third-order valence-corrected chi connectivity index (χ3v) is 3.68. The first-order valence-corrected chi connectivity index (χ1v) is 7.20. The van der Waals surface area contributed by atoms with Gasteiger partial charge in [0.15, 0.2) is 10.8 Å². The average Bonchev–Trinajstić information content (AvgIpc) is 2.97. The molecule has 1 N–H and O–H groups in total. The van der Waals surface area contributed by atoms with Gasteiger partial charge in [0.1, 0.15) is 0 Å². The minimum atomic E-state index is -0.963. The third-order valence-electron chi connectivity index (χ3n) is 2.93. The summed E-state index contributed by atoms with van der Waals surface area (Å²) in [5, 5.41) is 10.7. The molecule has 5 nitrogen and oxygen atoms in total. The zero-order chi connectivity index (χ0) is 14.5. The highest BCUT2D eigenvalue weighted by Gasteiger charge is 2.14. The highest BCUT2D eigenvalue weighted by Crippen LogP contribution is 2.25. The summed E-state index contributed by atoms with van der Waals surface area (Å²) in [5.74, 6) is -0.158. The number of rotatable bonds is 7. The maximum absolute atomic E-state index is 10.7. The Morgan fingerprint density at radius 1 is 1.65 bits per heavy atom. The second-order valence-electron chi connectivity index (χ2n) is 4.40. The molecule has 2 aromatic heterocycles. The van der Waals surface area contributed by atoms with Crippen LogP contribution in [-0.2, 0) is 4.79 Å². The Labute approximate surface area is 121 Å². The molecule has 0 atom stereocenters. The van der Waals surface area contributed by atoms with Crippen molar-refractivity contribution in [3.05, 3.63) is 36.0 Å². The molecule has 0 aliphatic rings. The molecule has 0 aliphatic heterocycles. The Bertz CT molecular complexity index is 642. The number of hydrogen-bond acceptors (Lipinski definition) is 4. The second-order valence-corrected chi connectivity index (χ2v) is 5.27. The van der Waals surface area contributed by atoms with Gasteiger partial charge < -0.3 is 10.0 Å². The van der Waals surface area contributed by atoms with Crippen LogP contribution in [0.25, 0.3) is 11.0 Å². The standard InChI is InChI=1S/C14H17N3O2S/c1-3-4-5-8-16(2)13-11(6-7-12(18)19)17-9-10-20-14(17)15-13/h3,6-7,9-10H,1,4-5,8H2,2H3,(H,18,19)/b7-6+. The van der Waals surface area contributed by atoms with E-state index >= 15 is 0 Å². The van der Waals surface area contributed by atoms with Crippen molar-refractivity contribution in [2.45, 2.75) is 12.8 Å². The van der Waals surface area contributed by atoms with Crippen molar-refractivity contribution in [1.29, 1.82) is 0 Å². The van der Waals surface area contributed by atoms with Crippen LogP contribution in [0.15, 0.2) is 30.3 Å². The van der Waals surface area contributed by atoms with Crippen LogP contribution in [0.5, 0.6) is 0 Å². The number of aliphatic carboxylic acids is 1. The average molecular weight is 291 g/mol.